The lowest BCUT2D eigenvalue weighted by molar-refractivity contribution is -0.120. The van der Waals surface area contributed by atoms with Crippen LogP contribution in [0.25, 0.3) is 11.0 Å². The van der Waals surface area contributed by atoms with Crippen molar-refractivity contribution in [2.45, 2.75) is 6.42 Å². The molecule has 2 aromatic rings. The Morgan fingerprint density at radius 2 is 2.18 bits per heavy atom. The summed E-state index contributed by atoms with van der Waals surface area (Å²) < 4.78 is 5.10. The number of fused-ring (bicyclic) bond motifs is 1. The lowest BCUT2D eigenvalue weighted by Gasteiger charge is -2.00. The predicted molar refractivity (Wildman–Crippen MR) is 67.0 cm³/mol. The van der Waals surface area contributed by atoms with Gasteiger partial charge in [-0.25, -0.2) is 0 Å². The highest BCUT2D eigenvalue weighted by molar-refractivity contribution is 5.86. The molecule has 1 amide bonds. The second kappa shape index (κ2) is 6.22. The highest BCUT2D eigenvalue weighted by Gasteiger charge is 2.10. The van der Waals surface area contributed by atoms with Gasteiger partial charge in [0, 0.05) is 18.5 Å². The topological polar surface area (TPSA) is 81.1 Å². The summed E-state index contributed by atoms with van der Waals surface area (Å²) in [6.45, 7) is 0.917. The molecule has 1 aromatic heterocycles. The Bertz CT molecular complexity index is 498. The van der Waals surface area contributed by atoms with Crippen LogP contribution in [0.5, 0.6) is 0 Å². The van der Waals surface area contributed by atoms with Gasteiger partial charge < -0.3 is 15.6 Å². The molecule has 1 aromatic carbocycles. The smallest absolute Gasteiger partial charge is 0.226 e. The largest absolute Gasteiger partial charge is 0.356 e. The molecule has 3 N–H and O–H groups in total. The third-order valence-corrected chi connectivity index (χ3v) is 2.25. The van der Waals surface area contributed by atoms with E-state index in [2.05, 4.69) is 10.5 Å². The summed E-state index contributed by atoms with van der Waals surface area (Å²) >= 11 is 0. The maximum atomic E-state index is 11.5. The molecule has 0 saturated carbocycles. The Balaban J connectivity index is 0.00000144. The number of rotatable bonds is 4. The van der Waals surface area contributed by atoms with Gasteiger partial charge in [0.05, 0.1) is 6.42 Å². The Hall–Kier alpha value is -1.59. The number of hydrogen-bond acceptors (Lipinski definition) is 4. The van der Waals surface area contributed by atoms with Crippen LogP contribution in [0.3, 0.4) is 0 Å². The molecule has 0 bridgehead atoms. The summed E-state index contributed by atoms with van der Waals surface area (Å²) in [5, 5.41) is 7.45. The molecule has 92 valence electrons. The van der Waals surface area contributed by atoms with Crippen LogP contribution in [0.1, 0.15) is 5.69 Å². The fourth-order valence-electron chi connectivity index (χ4n) is 1.49. The Morgan fingerprint density at radius 3 is 2.94 bits per heavy atom. The average Bonchev–Trinajstić information content (AvgIpc) is 2.70. The molecule has 0 unspecified atom stereocenters. The quantitative estimate of drug-likeness (QED) is 0.849. The number of amides is 1. The van der Waals surface area contributed by atoms with Crippen molar-refractivity contribution in [2.24, 2.45) is 5.73 Å². The molecule has 0 aliphatic rings. The van der Waals surface area contributed by atoms with Gasteiger partial charge in [-0.15, -0.1) is 12.4 Å². The number of aromatic nitrogens is 1. The molecule has 6 heteroatoms. The van der Waals surface area contributed by atoms with Crippen LogP contribution >= 0.6 is 12.4 Å². The summed E-state index contributed by atoms with van der Waals surface area (Å²) in [5.74, 6) is -0.0931. The lowest BCUT2D eigenvalue weighted by Crippen LogP contribution is -2.30. The van der Waals surface area contributed by atoms with E-state index in [0.717, 1.165) is 5.39 Å². The molecule has 0 aliphatic heterocycles. The summed E-state index contributed by atoms with van der Waals surface area (Å²) in [4.78, 5) is 11.5. The van der Waals surface area contributed by atoms with Crippen LogP contribution in [0.4, 0.5) is 0 Å². The van der Waals surface area contributed by atoms with E-state index in [1.165, 1.54) is 0 Å². The van der Waals surface area contributed by atoms with Crippen molar-refractivity contribution in [3.05, 3.63) is 30.0 Å². The fourth-order valence-corrected chi connectivity index (χ4v) is 1.49. The molecule has 17 heavy (non-hydrogen) atoms. The second-order valence-electron chi connectivity index (χ2n) is 3.44. The molecular weight excluding hydrogens is 242 g/mol. The average molecular weight is 256 g/mol. The monoisotopic (exact) mass is 255 g/mol. The van der Waals surface area contributed by atoms with E-state index in [0.29, 0.717) is 24.4 Å². The number of carbonyl (C=O) groups is 1. The molecule has 5 nitrogen and oxygen atoms in total. The highest BCUT2D eigenvalue weighted by atomic mass is 35.5. The van der Waals surface area contributed by atoms with Crippen LogP contribution in [-0.2, 0) is 11.2 Å². The van der Waals surface area contributed by atoms with E-state index in [1.807, 2.05) is 24.3 Å². The minimum atomic E-state index is -0.0931. The normalized spacial score (nSPS) is 9.94. The summed E-state index contributed by atoms with van der Waals surface area (Å²) in [5.41, 5.74) is 6.65. The first kappa shape index (κ1) is 13.5. The molecule has 0 atom stereocenters. The van der Waals surface area contributed by atoms with E-state index in [9.17, 15) is 4.79 Å². The van der Waals surface area contributed by atoms with E-state index < -0.39 is 0 Å². The van der Waals surface area contributed by atoms with Gasteiger partial charge in [0.2, 0.25) is 5.91 Å². The molecule has 0 saturated heterocycles. The number of carbonyl (C=O) groups excluding carboxylic acids is 1. The molecule has 0 spiro atoms. The van der Waals surface area contributed by atoms with Gasteiger partial charge >= 0.3 is 0 Å². The minimum absolute atomic E-state index is 0. The maximum Gasteiger partial charge on any atom is 0.226 e. The zero-order valence-corrected chi connectivity index (χ0v) is 10.00. The summed E-state index contributed by atoms with van der Waals surface area (Å²) in [7, 11) is 0. The van der Waals surface area contributed by atoms with Crippen LogP contribution in [-0.4, -0.2) is 24.2 Å². The fraction of sp³-hybridized carbons (Fsp3) is 0.273. The molecule has 0 fully saturated rings. The lowest BCUT2D eigenvalue weighted by atomic mass is 10.1. The maximum absolute atomic E-state index is 11.5. The summed E-state index contributed by atoms with van der Waals surface area (Å²) in [6.07, 6.45) is 0.219. The van der Waals surface area contributed by atoms with E-state index in [4.69, 9.17) is 10.3 Å². The first-order valence-electron chi connectivity index (χ1n) is 5.11. The van der Waals surface area contributed by atoms with Crippen LogP contribution in [0.15, 0.2) is 28.8 Å². The second-order valence-corrected chi connectivity index (χ2v) is 3.44. The third-order valence-electron chi connectivity index (χ3n) is 2.25. The number of benzene rings is 1. The van der Waals surface area contributed by atoms with Gasteiger partial charge in [-0.3, -0.25) is 4.79 Å². The number of nitrogens with two attached hydrogens (primary N) is 1. The van der Waals surface area contributed by atoms with E-state index in [1.54, 1.807) is 0 Å². The molecular formula is C11H14ClN3O2. The van der Waals surface area contributed by atoms with Gasteiger partial charge in [0.1, 0.15) is 5.69 Å². The standard InChI is InChI=1S/C11H13N3O2.ClH/c12-5-6-13-11(15)7-9-8-3-1-2-4-10(8)16-14-9;/h1-4H,5-7,12H2,(H,13,15);1H. The van der Waals surface area contributed by atoms with Gasteiger partial charge in [-0.2, -0.15) is 0 Å². The molecule has 2 rings (SSSR count). The third kappa shape index (κ3) is 3.18. The number of para-hydroxylation sites is 1. The van der Waals surface area contributed by atoms with Gasteiger partial charge in [0.25, 0.3) is 0 Å². The number of nitrogens with one attached hydrogen (secondary N) is 1. The van der Waals surface area contributed by atoms with Crippen molar-refractivity contribution in [1.82, 2.24) is 10.5 Å². The Kier molecular flexibility index (Phi) is 4.93. The van der Waals surface area contributed by atoms with Crippen LogP contribution < -0.4 is 11.1 Å². The van der Waals surface area contributed by atoms with Crippen molar-refractivity contribution in [2.75, 3.05) is 13.1 Å². The predicted octanol–water partition coefficient (Wildman–Crippen LogP) is 0.867. The zero-order chi connectivity index (χ0) is 11.4. The van der Waals surface area contributed by atoms with Crippen molar-refractivity contribution in [3.63, 3.8) is 0 Å². The number of nitrogens with zero attached hydrogens (tertiary/aromatic N) is 1. The van der Waals surface area contributed by atoms with Gasteiger partial charge in [0.15, 0.2) is 5.58 Å². The Labute approximate surface area is 105 Å². The number of halogens is 1. The summed E-state index contributed by atoms with van der Waals surface area (Å²) in [6, 6.07) is 7.47. The Morgan fingerprint density at radius 1 is 1.41 bits per heavy atom. The van der Waals surface area contributed by atoms with E-state index >= 15 is 0 Å². The van der Waals surface area contributed by atoms with Crippen LogP contribution in [0.2, 0.25) is 0 Å². The van der Waals surface area contributed by atoms with Crippen molar-refractivity contribution < 1.29 is 9.32 Å². The first-order chi connectivity index (χ1) is 7.81. The molecule has 0 radical (unpaired) electrons. The van der Waals surface area contributed by atoms with Crippen molar-refractivity contribution >= 4 is 29.3 Å². The zero-order valence-electron chi connectivity index (χ0n) is 9.18. The van der Waals surface area contributed by atoms with Crippen LogP contribution in [0, 0.1) is 0 Å². The SMILES string of the molecule is Cl.NCCNC(=O)Cc1noc2ccccc12. The first-order valence-corrected chi connectivity index (χ1v) is 5.11. The van der Waals surface area contributed by atoms with Crippen molar-refractivity contribution in [3.8, 4) is 0 Å². The van der Waals surface area contributed by atoms with Gasteiger partial charge in [-0.1, -0.05) is 17.3 Å². The number of hydrogen-bond donors (Lipinski definition) is 2. The van der Waals surface area contributed by atoms with Gasteiger partial charge in [-0.05, 0) is 12.1 Å². The molecule has 0 aliphatic carbocycles. The van der Waals surface area contributed by atoms with Crippen molar-refractivity contribution in [1.29, 1.82) is 0 Å². The molecule has 1 heterocycles. The minimum Gasteiger partial charge on any atom is -0.356 e. The van der Waals surface area contributed by atoms with E-state index in [-0.39, 0.29) is 24.7 Å². The highest BCUT2D eigenvalue weighted by Crippen LogP contribution is 2.17.